The molecule has 1 aliphatic carbocycles. The van der Waals surface area contributed by atoms with Crippen molar-refractivity contribution in [2.24, 2.45) is 5.92 Å². The lowest BCUT2D eigenvalue weighted by Gasteiger charge is -2.46. The smallest absolute Gasteiger partial charge is 0.167 e. The molecule has 1 aliphatic heterocycles. The first kappa shape index (κ1) is 32.6. The van der Waals surface area contributed by atoms with Gasteiger partial charge in [0.25, 0.3) is 0 Å². The Bertz CT molecular complexity index is 1610. The van der Waals surface area contributed by atoms with E-state index in [1.54, 1.807) is 18.2 Å². The summed E-state index contributed by atoms with van der Waals surface area (Å²) in [6.45, 7) is -1.54. The number of benzene rings is 1. The molecular formula is C30H42N8O8. The number of aromatic amines is 1. The maximum atomic E-state index is 11.0. The monoisotopic (exact) mass is 642 g/mol. The second-order valence-corrected chi connectivity index (χ2v) is 12.5. The molecule has 1 saturated carbocycles. The molecule has 16 nitrogen and oxygen atoms in total. The van der Waals surface area contributed by atoms with Gasteiger partial charge in [-0.1, -0.05) is 6.07 Å². The first-order valence-corrected chi connectivity index (χ1v) is 15.5. The van der Waals surface area contributed by atoms with Gasteiger partial charge in [0.1, 0.15) is 36.0 Å². The van der Waals surface area contributed by atoms with Crippen LogP contribution in [0.25, 0.3) is 22.2 Å². The van der Waals surface area contributed by atoms with Gasteiger partial charge < -0.3 is 51.2 Å². The van der Waals surface area contributed by atoms with E-state index in [2.05, 4.69) is 24.9 Å². The fourth-order valence-corrected chi connectivity index (χ4v) is 6.72. The predicted octanol–water partition coefficient (Wildman–Crippen LogP) is -1.81. The second-order valence-electron chi connectivity index (χ2n) is 12.5. The number of imidazole rings is 2. The topological polar surface area (TPSA) is 252 Å². The zero-order valence-electron chi connectivity index (χ0n) is 25.3. The molecular weight excluding hydrogens is 600 g/mol. The van der Waals surface area contributed by atoms with Crippen molar-refractivity contribution in [2.45, 2.75) is 67.7 Å². The first-order valence-electron chi connectivity index (χ1n) is 15.5. The Hall–Kier alpha value is -3.32. The summed E-state index contributed by atoms with van der Waals surface area (Å²) in [7, 11) is 0. The van der Waals surface area contributed by atoms with Gasteiger partial charge in [-0.3, -0.25) is 9.47 Å². The average Bonchev–Trinajstić information content (AvgIpc) is 3.74. The number of nitrogens with zero attached hydrogens (tertiary/aromatic N) is 6. The van der Waals surface area contributed by atoms with Gasteiger partial charge in [0.05, 0.1) is 61.9 Å². The van der Waals surface area contributed by atoms with Crippen molar-refractivity contribution in [3.8, 4) is 0 Å². The number of nitrogen functional groups attached to an aromatic ring is 1. The van der Waals surface area contributed by atoms with Gasteiger partial charge in [0, 0.05) is 19.0 Å². The number of aliphatic hydroxyl groups excluding tert-OH is 7. The number of anilines is 1. The Morgan fingerprint density at radius 1 is 1.02 bits per heavy atom. The second kappa shape index (κ2) is 13.4. The lowest BCUT2D eigenvalue weighted by Crippen LogP contribution is -2.56. The van der Waals surface area contributed by atoms with Crippen LogP contribution in [0.15, 0.2) is 30.9 Å². The van der Waals surface area contributed by atoms with Gasteiger partial charge in [0.15, 0.2) is 17.7 Å². The van der Waals surface area contributed by atoms with Crippen LogP contribution in [0.1, 0.15) is 36.9 Å². The summed E-state index contributed by atoms with van der Waals surface area (Å²) in [6.07, 6.45) is 1.61. The van der Waals surface area contributed by atoms with Crippen LogP contribution in [0.4, 0.5) is 5.82 Å². The molecule has 46 heavy (non-hydrogen) atoms. The van der Waals surface area contributed by atoms with E-state index in [1.807, 2.05) is 4.90 Å². The number of rotatable bonds is 14. The van der Waals surface area contributed by atoms with Crippen LogP contribution in [-0.4, -0.2) is 140 Å². The Morgan fingerprint density at radius 3 is 2.46 bits per heavy atom. The van der Waals surface area contributed by atoms with E-state index < -0.39 is 36.0 Å². The first-order chi connectivity index (χ1) is 22.2. The molecule has 4 atom stereocenters. The summed E-state index contributed by atoms with van der Waals surface area (Å²) in [5, 5.41) is 71.4. The maximum absolute atomic E-state index is 11.0. The summed E-state index contributed by atoms with van der Waals surface area (Å²) in [5.41, 5.74) is 7.62. The summed E-state index contributed by atoms with van der Waals surface area (Å²) in [6, 6.07) is 4.83. The molecule has 6 rings (SSSR count). The minimum absolute atomic E-state index is 0.0321. The summed E-state index contributed by atoms with van der Waals surface area (Å²) >= 11 is 0. The van der Waals surface area contributed by atoms with Crippen LogP contribution < -0.4 is 5.73 Å². The van der Waals surface area contributed by atoms with Crippen molar-refractivity contribution in [3.05, 3.63) is 42.2 Å². The quantitative estimate of drug-likeness (QED) is 0.0735. The molecule has 16 heteroatoms. The molecule has 250 valence electrons. The zero-order valence-corrected chi connectivity index (χ0v) is 25.3. The lowest BCUT2D eigenvalue weighted by molar-refractivity contribution is -0.0759. The van der Waals surface area contributed by atoms with Crippen LogP contribution in [0, 0.1) is 5.92 Å². The molecule has 4 heterocycles. The minimum Gasteiger partial charge on any atom is -0.395 e. The van der Waals surface area contributed by atoms with Gasteiger partial charge >= 0.3 is 0 Å². The van der Waals surface area contributed by atoms with E-state index >= 15 is 0 Å². The molecule has 0 amide bonds. The number of H-pyrrole nitrogens is 1. The lowest BCUT2D eigenvalue weighted by atomic mass is 9.76. The molecule has 1 aromatic carbocycles. The van der Waals surface area contributed by atoms with Crippen molar-refractivity contribution in [1.82, 2.24) is 34.4 Å². The number of aromatic nitrogens is 6. The van der Waals surface area contributed by atoms with Crippen molar-refractivity contribution in [3.63, 3.8) is 0 Å². The molecule has 0 bridgehead atoms. The SMILES string of the molecule is Nc1ncnc2c1ncn2C1OC(CN(C(CO)CO)C2CC(CCc3nc4ccc(C(CO)(CO)CO)cc4[nH]3)C2)C(O)C1O. The molecule has 0 spiro atoms. The van der Waals surface area contributed by atoms with Gasteiger partial charge in [-0.2, -0.15) is 0 Å². The highest BCUT2D eigenvalue weighted by Crippen LogP contribution is 2.38. The van der Waals surface area contributed by atoms with Crippen molar-refractivity contribution in [2.75, 3.05) is 45.3 Å². The van der Waals surface area contributed by atoms with E-state index in [1.165, 1.54) is 17.2 Å². The molecule has 1 saturated heterocycles. The molecule has 4 unspecified atom stereocenters. The van der Waals surface area contributed by atoms with Gasteiger partial charge in [-0.05, 0) is 42.9 Å². The van der Waals surface area contributed by atoms with Gasteiger partial charge in [0.2, 0.25) is 0 Å². The molecule has 10 N–H and O–H groups in total. The van der Waals surface area contributed by atoms with Crippen LogP contribution in [0.3, 0.4) is 0 Å². The summed E-state index contributed by atoms with van der Waals surface area (Å²) in [5.74, 6) is 1.36. The van der Waals surface area contributed by atoms with E-state index in [4.69, 9.17) is 10.5 Å². The minimum atomic E-state index is -1.27. The molecule has 3 aromatic heterocycles. The van der Waals surface area contributed by atoms with E-state index in [9.17, 15) is 35.7 Å². The molecule has 0 radical (unpaired) electrons. The highest BCUT2D eigenvalue weighted by Gasteiger charge is 2.47. The Kier molecular flexibility index (Phi) is 9.52. The third-order valence-electron chi connectivity index (χ3n) is 9.80. The van der Waals surface area contributed by atoms with Crippen LogP contribution in [0.5, 0.6) is 0 Å². The Morgan fingerprint density at radius 2 is 1.76 bits per heavy atom. The number of fused-ring (bicyclic) bond motifs is 2. The number of hydrogen-bond donors (Lipinski definition) is 9. The van der Waals surface area contributed by atoms with Gasteiger partial charge in [-0.25, -0.2) is 19.9 Å². The van der Waals surface area contributed by atoms with Crippen molar-refractivity contribution in [1.29, 1.82) is 0 Å². The highest BCUT2D eigenvalue weighted by atomic mass is 16.6. The molecule has 2 fully saturated rings. The molecule has 2 aliphatic rings. The summed E-state index contributed by atoms with van der Waals surface area (Å²) in [4.78, 5) is 22.3. The van der Waals surface area contributed by atoms with Gasteiger partial charge in [-0.15, -0.1) is 0 Å². The molecule has 4 aromatic rings. The third-order valence-corrected chi connectivity index (χ3v) is 9.80. The average molecular weight is 643 g/mol. The highest BCUT2D eigenvalue weighted by molar-refractivity contribution is 5.81. The van der Waals surface area contributed by atoms with Crippen LogP contribution >= 0.6 is 0 Å². The van der Waals surface area contributed by atoms with Crippen molar-refractivity contribution < 1.29 is 40.5 Å². The fraction of sp³-hybridized carbons (Fsp3) is 0.600. The largest absolute Gasteiger partial charge is 0.395 e. The number of aryl methyl sites for hydroxylation is 1. The van der Waals surface area contributed by atoms with Crippen LogP contribution in [0.2, 0.25) is 0 Å². The Balaban J connectivity index is 1.09. The number of nitrogens with two attached hydrogens (primary N) is 1. The van der Waals surface area contributed by atoms with E-state index in [-0.39, 0.29) is 51.4 Å². The number of hydrogen-bond acceptors (Lipinski definition) is 14. The maximum Gasteiger partial charge on any atom is 0.167 e. The predicted molar refractivity (Wildman–Crippen MR) is 164 cm³/mol. The van der Waals surface area contributed by atoms with E-state index in [0.717, 1.165) is 36.1 Å². The fourth-order valence-electron chi connectivity index (χ4n) is 6.72. The number of aliphatic hydroxyl groups is 7. The normalized spacial score (nSPS) is 25.3. The Labute approximate surface area is 264 Å². The third kappa shape index (κ3) is 5.85. The van der Waals surface area contributed by atoms with Crippen LogP contribution in [-0.2, 0) is 16.6 Å². The number of nitrogens with one attached hydrogen (secondary N) is 1. The van der Waals surface area contributed by atoms with Crippen molar-refractivity contribution >= 4 is 28.0 Å². The standard InChI is InChI=1S/C30H42N8O8/c31-27-24-28(33-14-32-27)38(15-34-24)29-26(45)25(44)22(46-29)8-37(19(9-39)10-40)18-5-16(6-18)1-4-23-35-20-3-2-17(7-21(20)36-23)30(11-41,12-42)13-43/h2-3,7,14-16,18-19,22,25-26,29,39-45H,1,4-6,8-13H2,(H,35,36)(H2,31,32,33). The van der Waals surface area contributed by atoms with E-state index in [0.29, 0.717) is 29.1 Å². The zero-order chi connectivity index (χ0) is 32.6. The number of ether oxygens (including phenoxy) is 1. The summed E-state index contributed by atoms with van der Waals surface area (Å²) < 4.78 is 7.66.